The van der Waals surface area contributed by atoms with Crippen molar-refractivity contribution in [1.82, 2.24) is 5.32 Å². The largest absolute Gasteiger partial charge is 0.309 e. The van der Waals surface area contributed by atoms with Crippen molar-refractivity contribution in [3.8, 4) is 0 Å². The van der Waals surface area contributed by atoms with E-state index in [9.17, 15) is 0 Å². The van der Waals surface area contributed by atoms with Crippen molar-refractivity contribution in [2.24, 2.45) is 10.8 Å². The van der Waals surface area contributed by atoms with E-state index < -0.39 is 0 Å². The van der Waals surface area contributed by atoms with Crippen LogP contribution in [0.4, 0.5) is 0 Å². The van der Waals surface area contributed by atoms with Gasteiger partial charge in [-0.2, -0.15) is 0 Å². The summed E-state index contributed by atoms with van der Waals surface area (Å²) >= 11 is 0. The molecule has 1 aromatic rings. The van der Waals surface area contributed by atoms with Crippen LogP contribution in [0.25, 0.3) is 0 Å². The highest BCUT2D eigenvalue weighted by atomic mass is 15.0. The van der Waals surface area contributed by atoms with E-state index in [2.05, 4.69) is 50.4 Å². The monoisotopic (exact) mass is 215 g/mol. The number of hydrogen-bond acceptors (Lipinski definition) is 1. The summed E-state index contributed by atoms with van der Waals surface area (Å²) in [5, 5.41) is 3.77. The minimum atomic E-state index is 0.422. The lowest BCUT2D eigenvalue weighted by Gasteiger charge is -2.46. The summed E-state index contributed by atoms with van der Waals surface area (Å²) in [5.41, 5.74) is 3.96. The molecule has 1 aliphatic heterocycles. The molecular formula is C15H21N. The van der Waals surface area contributed by atoms with Crippen LogP contribution >= 0.6 is 0 Å². The molecule has 0 radical (unpaired) electrons. The molecule has 1 saturated heterocycles. The van der Waals surface area contributed by atoms with Crippen LogP contribution in [-0.4, -0.2) is 6.54 Å². The van der Waals surface area contributed by atoms with Gasteiger partial charge < -0.3 is 5.32 Å². The van der Waals surface area contributed by atoms with E-state index >= 15 is 0 Å². The highest BCUT2D eigenvalue weighted by Gasteiger charge is 2.48. The minimum absolute atomic E-state index is 0.422. The van der Waals surface area contributed by atoms with Gasteiger partial charge in [-0.3, -0.25) is 0 Å². The van der Waals surface area contributed by atoms with Crippen molar-refractivity contribution in [2.45, 2.75) is 39.7 Å². The first-order valence-electron chi connectivity index (χ1n) is 6.31. The average molecular weight is 215 g/mol. The van der Waals surface area contributed by atoms with Crippen molar-refractivity contribution in [1.29, 1.82) is 0 Å². The Labute approximate surface area is 98.3 Å². The van der Waals surface area contributed by atoms with Gasteiger partial charge in [0.1, 0.15) is 0 Å². The first kappa shape index (κ1) is 10.3. The predicted molar refractivity (Wildman–Crippen MR) is 67.4 cm³/mol. The maximum Gasteiger partial charge on any atom is 0.0380 e. The van der Waals surface area contributed by atoms with Crippen LogP contribution in [0.3, 0.4) is 0 Å². The van der Waals surface area contributed by atoms with E-state index in [0.717, 1.165) is 6.54 Å². The van der Waals surface area contributed by atoms with Crippen LogP contribution in [0.1, 0.15) is 44.4 Å². The molecule has 0 unspecified atom stereocenters. The molecule has 1 fully saturated rings. The molecule has 2 aliphatic rings. The Kier molecular flexibility index (Phi) is 2.00. The fourth-order valence-electron chi connectivity index (χ4n) is 3.94. The lowest BCUT2D eigenvalue weighted by molar-refractivity contribution is 0.0801. The van der Waals surface area contributed by atoms with E-state index in [1.807, 2.05) is 0 Å². The lowest BCUT2D eigenvalue weighted by Crippen LogP contribution is -2.47. The van der Waals surface area contributed by atoms with E-state index in [0.29, 0.717) is 16.9 Å². The maximum absolute atomic E-state index is 3.77. The minimum Gasteiger partial charge on any atom is -0.309 e. The highest BCUT2D eigenvalue weighted by Crippen LogP contribution is 2.53. The quantitative estimate of drug-likeness (QED) is 0.700. The molecule has 0 amide bonds. The molecular weight excluding hydrogens is 194 g/mol. The third-order valence-corrected chi connectivity index (χ3v) is 4.32. The lowest BCUT2D eigenvalue weighted by atomic mass is 9.67. The Balaban J connectivity index is 2.01. The van der Waals surface area contributed by atoms with Gasteiger partial charge in [0, 0.05) is 12.6 Å². The molecule has 0 saturated carbocycles. The SMILES string of the molecule is CC1(C)CN[C@H]2c3ccccc3C[C@@]2(C)C1. The van der Waals surface area contributed by atoms with Crippen molar-refractivity contribution in [3.63, 3.8) is 0 Å². The molecule has 1 heterocycles. The van der Waals surface area contributed by atoms with Crippen molar-refractivity contribution in [3.05, 3.63) is 35.4 Å². The second kappa shape index (κ2) is 3.10. The van der Waals surface area contributed by atoms with Crippen LogP contribution in [0, 0.1) is 10.8 Å². The standard InChI is InChI=1S/C15H21N/c1-14(2)9-15(3)8-11-6-4-5-7-12(11)13(15)16-10-14/h4-7,13,16H,8-10H2,1-3H3/t13-,15-/m0/s1. The smallest absolute Gasteiger partial charge is 0.0380 e. The van der Waals surface area contributed by atoms with Gasteiger partial charge in [0.05, 0.1) is 0 Å². The van der Waals surface area contributed by atoms with E-state index in [-0.39, 0.29) is 0 Å². The number of piperidine rings is 1. The molecule has 1 aliphatic carbocycles. The fourth-order valence-corrected chi connectivity index (χ4v) is 3.94. The van der Waals surface area contributed by atoms with Gasteiger partial charge in [0.2, 0.25) is 0 Å². The second-order valence-corrected chi connectivity index (χ2v) is 6.68. The number of benzene rings is 1. The van der Waals surface area contributed by atoms with Crippen molar-refractivity contribution in [2.75, 3.05) is 6.54 Å². The van der Waals surface area contributed by atoms with Gasteiger partial charge in [0.25, 0.3) is 0 Å². The van der Waals surface area contributed by atoms with Gasteiger partial charge in [-0.25, -0.2) is 0 Å². The van der Waals surface area contributed by atoms with Crippen molar-refractivity contribution >= 4 is 0 Å². The van der Waals surface area contributed by atoms with Gasteiger partial charge in [-0.05, 0) is 34.8 Å². The molecule has 1 nitrogen and oxygen atoms in total. The Morgan fingerprint density at radius 2 is 1.94 bits per heavy atom. The predicted octanol–water partition coefficient (Wildman–Crippen LogP) is 3.31. The van der Waals surface area contributed by atoms with Crippen LogP contribution in [0.5, 0.6) is 0 Å². The maximum atomic E-state index is 3.77. The van der Waals surface area contributed by atoms with E-state index in [1.165, 1.54) is 12.8 Å². The zero-order valence-corrected chi connectivity index (χ0v) is 10.5. The second-order valence-electron chi connectivity index (χ2n) is 6.68. The first-order chi connectivity index (χ1) is 7.50. The average Bonchev–Trinajstić information content (AvgIpc) is 2.46. The Hall–Kier alpha value is -0.820. The van der Waals surface area contributed by atoms with E-state index in [4.69, 9.17) is 0 Å². The fraction of sp³-hybridized carbons (Fsp3) is 0.600. The summed E-state index contributed by atoms with van der Waals surface area (Å²) in [6, 6.07) is 9.53. The number of fused-ring (bicyclic) bond motifs is 3. The van der Waals surface area contributed by atoms with Gasteiger partial charge in [0.15, 0.2) is 0 Å². The van der Waals surface area contributed by atoms with E-state index in [1.54, 1.807) is 11.1 Å². The molecule has 0 aromatic heterocycles. The number of hydrogen-bond donors (Lipinski definition) is 1. The summed E-state index contributed by atoms with van der Waals surface area (Å²) in [6.45, 7) is 8.35. The molecule has 1 heteroatoms. The van der Waals surface area contributed by atoms with Gasteiger partial charge >= 0.3 is 0 Å². The molecule has 1 aromatic carbocycles. The van der Waals surface area contributed by atoms with Crippen LogP contribution in [0.15, 0.2) is 24.3 Å². The Bertz CT molecular complexity index is 421. The number of rotatable bonds is 0. The zero-order chi connectivity index (χ0) is 11.4. The van der Waals surface area contributed by atoms with Crippen LogP contribution in [0.2, 0.25) is 0 Å². The van der Waals surface area contributed by atoms with Crippen LogP contribution < -0.4 is 5.32 Å². The molecule has 2 atom stereocenters. The summed E-state index contributed by atoms with van der Waals surface area (Å²) < 4.78 is 0. The topological polar surface area (TPSA) is 12.0 Å². The number of nitrogens with one attached hydrogen (secondary N) is 1. The van der Waals surface area contributed by atoms with Crippen molar-refractivity contribution < 1.29 is 0 Å². The molecule has 86 valence electrons. The molecule has 1 N–H and O–H groups in total. The third kappa shape index (κ3) is 1.41. The first-order valence-corrected chi connectivity index (χ1v) is 6.31. The zero-order valence-electron chi connectivity index (χ0n) is 10.5. The van der Waals surface area contributed by atoms with Gasteiger partial charge in [-0.15, -0.1) is 0 Å². The normalized spacial score (nSPS) is 35.6. The molecule has 0 spiro atoms. The molecule has 3 rings (SSSR count). The van der Waals surface area contributed by atoms with Gasteiger partial charge in [-0.1, -0.05) is 45.0 Å². The highest BCUT2D eigenvalue weighted by molar-refractivity contribution is 5.38. The molecule has 0 bridgehead atoms. The molecule has 16 heavy (non-hydrogen) atoms. The summed E-state index contributed by atoms with van der Waals surface area (Å²) in [5.74, 6) is 0. The third-order valence-electron chi connectivity index (χ3n) is 4.32. The Morgan fingerprint density at radius 3 is 2.75 bits per heavy atom. The summed E-state index contributed by atoms with van der Waals surface area (Å²) in [6.07, 6.45) is 2.57. The van der Waals surface area contributed by atoms with Crippen LogP contribution in [-0.2, 0) is 6.42 Å². The Morgan fingerprint density at radius 1 is 1.19 bits per heavy atom. The summed E-state index contributed by atoms with van der Waals surface area (Å²) in [7, 11) is 0. The summed E-state index contributed by atoms with van der Waals surface area (Å²) in [4.78, 5) is 0.